The van der Waals surface area contributed by atoms with Crippen molar-refractivity contribution in [3.63, 3.8) is 0 Å². The molecule has 3 rings (SSSR count). The lowest BCUT2D eigenvalue weighted by molar-refractivity contribution is 0.0998. The molecule has 0 saturated carbocycles. The number of aryl methyl sites for hydroxylation is 1. The Bertz CT molecular complexity index is 435. The second kappa shape index (κ2) is 4.50. The summed E-state index contributed by atoms with van der Waals surface area (Å²) in [6, 6.07) is 0. The monoisotopic (exact) mass is 247 g/mol. The summed E-state index contributed by atoms with van der Waals surface area (Å²) in [7, 11) is 1.93. The van der Waals surface area contributed by atoms with E-state index >= 15 is 0 Å². The summed E-state index contributed by atoms with van der Waals surface area (Å²) in [4.78, 5) is 9.47. The van der Waals surface area contributed by atoms with Gasteiger partial charge < -0.3 is 10.1 Å². The molecular weight excluding hydrogens is 226 g/mol. The Balaban J connectivity index is 1.97. The lowest BCUT2D eigenvalue weighted by Gasteiger charge is -2.19. The predicted molar refractivity (Wildman–Crippen MR) is 70.9 cm³/mol. The number of nitrogens with one attached hydrogen (secondary N) is 1. The summed E-state index contributed by atoms with van der Waals surface area (Å²) in [5.74, 6) is 2.36. The Labute approximate surface area is 108 Å². The number of hydrogen-bond donors (Lipinski definition) is 1. The topological polar surface area (TPSA) is 47.0 Å². The van der Waals surface area contributed by atoms with Crippen LogP contribution in [0.15, 0.2) is 0 Å². The fourth-order valence-corrected chi connectivity index (χ4v) is 3.25. The van der Waals surface area contributed by atoms with E-state index in [-0.39, 0.29) is 0 Å². The van der Waals surface area contributed by atoms with Gasteiger partial charge in [-0.3, -0.25) is 0 Å². The van der Waals surface area contributed by atoms with E-state index in [1.807, 2.05) is 7.05 Å². The lowest BCUT2D eigenvalue weighted by Crippen LogP contribution is -2.19. The molecule has 4 heteroatoms. The van der Waals surface area contributed by atoms with Crippen molar-refractivity contribution >= 4 is 5.82 Å². The van der Waals surface area contributed by atoms with Crippen LogP contribution in [0.4, 0.5) is 5.82 Å². The Morgan fingerprint density at radius 3 is 2.72 bits per heavy atom. The fraction of sp³-hybridized carbons (Fsp3) is 0.714. The molecular formula is C14H21N3O. The standard InChI is InChI=1S/C14H21N3O/c1-4-11-8(2)13(15-3)17-14(16-11)10-7-9-5-6-12(10)18-9/h9-10,12H,4-7H2,1-3H3,(H,15,16,17). The van der Waals surface area contributed by atoms with Crippen LogP contribution >= 0.6 is 0 Å². The van der Waals surface area contributed by atoms with Crippen molar-refractivity contribution in [3.05, 3.63) is 17.1 Å². The van der Waals surface area contributed by atoms with Crippen LogP contribution in [-0.4, -0.2) is 29.2 Å². The third-order valence-electron chi connectivity index (χ3n) is 4.27. The summed E-state index contributed by atoms with van der Waals surface area (Å²) >= 11 is 0. The largest absolute Gasteiger partial charge is 0.374 e. The zero-order chi connectivity index (χ0) is 12.7. The van der Waals surface area contributed by atoms with E-state index in [0.717, 1.165) is 30.2 Å². The van der Waals surface area contributed by atoms with Gasteiger partial charge >= 0.3 is 0 Å². The normalized spacial score (nSPS) is 29.8. The Hall–Kier alpha value is -1.16. The van der Waals surface area contributed by atoms with Gasteiger partial charge in [0.2, 0.25) is 0 Å². The van der Waals surface area contributed by atoms with Gasteiger partial charge in [-0.15, -0.1) is 0 Å². The van der Waals surface area contributed by atoms with E-state index in [1.165, 1.54) is 18.4 Å². The molecule has 1 aromatic rings. The van der Waals surface area contributed by atoms with Gasteiger partial charge in [0.05, 0.1) is 12.2 Å². The molecule has 1 aromatic heterocycles. The van der Waals surface area contributed by atoms with Crippen LogP contribution in [0.3, 0.4) is 0 Å². The summed E-state index contributed by atoms with van der Waals surface area (Å²) < 4.78 is 5.92. The number of hydrogen-bond acceptors (Lipinski definition) is 4. The number of ether oxygens (including phenoxy) is 1. The van der Waals surface area contributed by atoms with E-state index in [9.17, 15) is 0 Å². The highest BCUT2D eigenvalue weighted by molar-refractivity contribution is 5.45. The van der Waals surface area contributed by atoms with Crippen molar-refractivity contribution in [1.29, 1.82) is 0 Å². The van der Waals surface area contributed by atoms with E-state index in [1.54, 1.807) is 0 Å². The first-order valence-corrected chi connectivity index (χ1v) is 6.93. The molecule has 0 radical (unpaired) electrons. The van der Waals surface area contributed by atoms with E-state index < -0.39 is 0 Å². The number of rotatable bonds is 3. The van der Waals surface area contributed by atoms with Crippen molar-refractivity contribution in [2.45, 2.75) is 57.7 Å². The van der Waals surface area contributed by atoms with E-state index in [0.29, 0.717) is 18.1 Å². The van der Waals surface area contributed by atoms with Crippen molar-refractivity contribution in [1.82, 2.24) is 9.97 Å². The molecule has 0 aromatic carbocycles. The van der Waals surface area contributed by atoms with Crippen LogP contribution in [0.5, 0.6) is 0 Å². The zero-order valence-electron chi connectivity index (χ0n) is 11.4. The number of fused-ring (bicyclic) bond motifs is 2. The first-order valence-electron chi connectivity index (χ1n) is 6.93. The molecule has 2 aliphatic heterocycles. The molecule has 2 fully saturated rings. The molecule has 2 saturated heterocycles. The van der Waals surface area contributed by atoms with E-state index in [2.05, 4.69) is 19.2 Å². The lowest BCUT2D eigenvalue weighted by atomic mass is 9.88. The third kappa shape index (κ3) is 1.79. The van der Waals surface area contributed by atoms with Gasteiger partial charge in [-0.25, -0.2) is 9.97 Å². The maximum absolute atomic E-state index is 5.92. The first kappa shape index (κ1) is 11.9. The highest BCUT2D eigenvalue weighted by Gasteiger charge is 2.43. The first-order chi connectivity index (χ1) is 8.72. The van der Waals surface area contributed by atoms with Crippen molar-refractivity contribution in [2.24, 2.45) is 0 Å². The SMILES string of the molecule is CCc1nc(C2CC3CCC2O3)nc(NC)c1C. The van der Waals surface area contributed by atoms with Crippen LogP contribution in [0.2, 0.25) is 0 Å². The molecule has 0 amide bonds. The van der Waals surface area contributed by atoms with Gasteiger partial charge in [-0.2, -0.15) is 0 Å². The van der Waals surface area contributed by atoms with Crippen molar-refractivity contribution in [3.8, 4) is 0 Å². The molecule has 18 heavy (non-hydrogen) atoms. The molecule has 3 heterocycles. The molecule has 3 atom stereocenters. The maximum Gasteiger partial charge on any atom is 0.136 e. The maximum atomic E-state index is 5.92. The number of aromatic nitrogens is 2. The second-order valence-electron chi connectivity index (χ2n) is 5.32. The summed E-state index contributed by atoms with van der Waals surface area (Å²) in [6.07, 6.45) is 5.24. The van der Waals surface area contributed by atoms with Crippen molar-refractivity contribution in [2.75, 3.05) is 12.4 Å². The average molecular weight is 247 g/mol. The molecule has 2 bridgehead atoms. The molecule has 2 aliphatic rings. The zero-order valence-corrected chi connectivity index (χ0v) is 11.4. The van der Waals surface area contributed by atoms with Gasteiger partial charge in [-0.05, 0) is 32.6 Å². The van der Waals surface area contributed by atoms with Crippen LogP contribution in [0, 0.1) is 6.92 Å². The van der Waals surface area contributed by atoms with Crippen LogP contribution < -0.4 is 5.32 Å². The minimum absolute atomic E-state index is 0.354. The smallest absolute Gasteiger partial charge is 0.136 e. The molecule has 4 nitrogen and oxygen atoms in total. The second-order valence-corrected chi connectivity index (χ2v) is 5.32. The van der Waals surface area contributed by atoms with Crippen LogP contribution in [-0.2, 0) is 11.2 Å². The Morgan fingerprint density at radius 2 is 2.17 bits per heavy atom. The van der Waals surface area contributed by atoms with Crippen LogP contribution in [0.25, 0.3) is 0 Å². The molecule has 98 valence electrons. The summed E-state index contributed by atoms with van der Waals surface area (Å²) in [5, 5.41) is 3.19. The van der Waals surface area contributed by atoms with Gasteiger partial charge in [0.15, 0.2) is 0 Å². The van der Waals surface area contributed by atoms with Gasteiger partial charge in [0.1, 0.15) is 11.6 Å². The predicted octanol–water partition coefficient (Wildman–Crippen LogP) is 2.42. The number of anilines is 1. The minimum Gasteiger partial charge on any atom is -0.374 e. The molecule has 3 unspecified atom stereocenters. The van der Waals surface area contributed by atoms with Gasteiger partial charge in [0, 0.05) is 24.2 Å². The average Bonchev–Trinajstić information content (AvgIpc) is 3.01. The Kier molecular flexibility index (Phi) is 2.98. The fourth-order valence-electron chi connectivity index (χ4n) is 3.25. The highest BCUT2D eigenvalue weighted by atomic mass is 16.5. The molecule has 0 aliphatic carbocycles. The van der Waals surface area contributed by atoms with Crippen LogP contribution in [0.1, 0.15) is 49.2 Å². The number of nitrogens with zero attached hydrogens (tertiary/aromatic N) is 2. The Morgan fingerprint density at radius 1 is 1.33 bits per heavy atom. The highest BCUT2D eigenvalue weighted by Crippen LogP contribution is 2.43. The molecule has 1 N–H and O–H groups in total. The van der Waals surface area contributed by atoms with Gasteiger partial charge in [0.25, 0.3) is 0 Å². The van der Waals surface area contributed by atoms with E-state index in [4.69, 9.17) is 14.7 Å². The van der Waals surface area contributed by atoms with Crippen molar-refractivity contribution < 1.29 is 4.74 Å². The summed E-state index contributed by atoms with van der Waals surface area (Å²) in [6.45, 7) is 4.24. The van der Waals surface area contributed by atoms with Gasteiger partial charge in [-0.1, -0.05) is 6.92 Å². The third-order valence-corrected chi connectivity index (χ3v) is 4.27. The molecule has 0 spiro atoms. The summed E-state index contributed by atoms with van der Waals surface area (Å²) in [5.41, 5.74) is 2.33. The minimum atomic E-state index is 0.354. The quantitative estimate of drug-likeness (QED) is 0.891.